The number of anilines is 1. The quantitative estimate of drug-likeness (QED) is 0.648. The van der Waals surface area contributed by atoms with E-state index < -0.39 is 18.0 Å². The molecule has 1 fully saturated rings. The average Bonchev–Trinajstić information content (AvgIpc) is 2.77. The van der Waals surface area contributed by atoms with Gasteiger partial charge in [-0.3, -0.25) is 4.79 Å². The van der Waals surface area contributed by atoms with Gasteiger partial charge in [-0.15, -0.1) is 11.8 Å². The van der Waals surface area contributed by atoms with E-state index in [0.717, 1.165) is 5.69 Å². The summed E-state index contributed by atoms with van der Waals surface area (Å²) in [6.07, 6.45) is -0.135. The van der Waals surface area contributed by atoms with Crippen LogP contribution in [0.5, 0.6) is 0 Å². The standard InChI is InChI=1S/C17H21N3O4S/c1-8-13-12(9(2)21)16(22)20(13)14(17(23)24)15(8)25-7-6-10-4-3-5-11(18)19-10/h3-5,8-9,12-13,21H,6-7H2,1-2H3,(H2,18,19)(H,23,24). The monoisotopic (exact) mass is 363 g/mol. The summed E-state index contributed by atoms with van der Waals surface area (Å²) in [7, 11) is 0. The highest BCUT2D eigenvalue weighted by atomic mass is 32.2. The van der Waals surface area contributed by atoms with Crippen LogP contribution >= 0.6 is 11.8 Å². The first kappa shape index (κ1) is 17.8. The fraction of sp³-hybridized carbons (Fsp3) is 0.471. The predicted molar refractivity (Wildman–Crippen MR) is 94.4 cm³/mol. The second-order valence-electron chi connectivity index (χ2n) is 6.42. The van der Waals surface area contributed by atoms with Gasteiger partial charge < -0.3 is 20.8 Å². The molecule has 3 rings (SSSR count). The Morgan fingerprint density at radius 1 is 1.48 bits per heavy atom. The van der Waals surface area contributed by atoms with Crippen LogP contribution in [0.4, 0.5) is 5.82 Å². The molecule has 2 aliphatic heterocycles. The number of aromatic nitrogens is 1. The summed E-state index contributed by atoms with van der Waals surface area (Å²) < 4.78 is 0. The molecule has 0 radical (unpaired) electrons. The van der Waals surface area contributed by atoms with Crippen LogP contribution in [-0.2, 0) is 16.0 Å². The molecule has 7 nitrogen and oxygen atoms in total. The number of carbonyl (C=O) groups is 2. The molecule has 1 aromatic heterocycles. The van der Waals surface area contributed by atoms with Gasteiger partial charge in [0.15, 0.2) is 0 Å². The number of hydrogen-bond donors (Lipinski definition) is 3. The third-order valence-corrected chi connectivity index (χ3v) is 6.04. The highest BCUT2D eigenvalue weighted by molar-refractivity contribution is 8.03. The Morgan fingerprint density at radius 3 is 2.80 bits per heavy atom. The van der Waals surface area contributed by atoms with Gasteiger partial charge in [0.25, 0.3) is 0 Å². The number of β-lactam (4-membered cyclic amide) rings is 1. The predicted octanol–water partition coefficient (Wildman–Crippen LogP) is 1.09. The average molecular weight is 363 g/mol. The maximum absolute atomic E-state index is 12.3. The molecular weight excluding hydrogens is 342 g/mol. The number of nitrogens with zero attached hydrogens (tertiary/aromatic N) is 2. The van der Waals surface area contributed by atoms with Crippen LogP contribution < -0.4 is 5.73 Å². The normalized spacial score (nSPS) is 26.4. The number of rotatable bonds is 6. The summed E-state index contributed by atoms with van der Waals surface area (Å²) in [5.41, 5.74) is 6.57. The van der Waals surface area contributed by atoms with E-state index in [9.17, 15) is 19.8 Å². The van der Waals surface area contributed by atoms with Crippen molar-refractivity contribution in [3.8, 4) is 0 Å². The summed E-state index contributed by atoms with van der Waals surface area (Å²) in [4.78, 5) is 30.2. The summed E-state index contributed by atoms with van der Waals surface area (Å²) in [5, 5.41) is 19.4. The Morgan fingerprint density at radius 2 is 2.20 bits per heavy atom. The number of nitrogen functional groups attached to an aromatic ring is 1. The highest BCUT2D eigenvalue weighted by Crippen LogP contribution is 2.50. The zero-order valence-electron chi connectivity index (χ0n) is 14.0. The SMILES string of the molecule is CC(O)C1C(=O)N2C(C(=O)O)=C(SCCc3cccc(N)n3)C(C)C12. The maximum atomic E-state index is 12.3. The Hall–Kier alpha value is -2.06. The maximum Gasteiger partial charge on any atom is 0.353 e. The van der Waals surface area contributed by atoms with Crippen molar-refractivity contribution in [2.45, 2.75) is 32.4 Å². The van der Waals surface area contributed by atoms with Gasteiger partial charge in [-0.25, -0.2) is 9.78 Å². The topological polar surface area (TPSA) is 117 Å². The van der Waals surface area contributed by atoms with Gasteiger partial charge in [0.2, 0.25) is 5.91 Å². The first-order chi connectivity index (χ1) is 11.8. The number of nitrogens with two attached hydrogens (primary N) is 1. The smallest absolute Gasteiger partial charge is 0.353 e. The number of fused-ring (bicyclic) bond motifs is 1. The van der Waals surface area contributed by atoms with Crippen molar-refractivity contribution < 1.29 is 19.8 Å². The van der Waals surface area contributed by atoms with Gasteiger partial charge >= 0.3 is 5.97 Å². The number of carboxylic acids is 1. The van der Waals surface area contributed by atoms with Crippen LogP contribution in [0.2, 0.25) is 0 Å². The van der Waals surface area contributed by atoms with Gasteiger partial charge in [-0.05, 0) is 25.5 Å². The van der Waals surface area contributed by atoms with E-state index in [1.807, 2.05) is 19.1 Å². The zero-order chi connectivity index (χ0) is 18.3. The lowest BCUT2D eigenvalue weighted by Crippen LogP contribution is -2.63. The van der Waals surface area contributed by atoms with Crippen molar-refractivity contribution in [2.24, 2.45) is 11.8 Å². The van der Waals surface area contributed by atoms with E-state index in [-0.39, 0.29) is 23.6 Å². The lowest BCUT2D eigenvalue weighted by Gasteiger charge is -2.46. The lowest BCUT2D eigenvalue weighted by atomic mass is 9.79. The first-order valence-corrected chi connectivity index (χ1v) is 9.14. The highest BCUT2D eigenvalue weighted by Gasteiger charge is 2.59. The largest absolute Gasteiger partial charge is 0.477 e. The molecule has 8 heteroatoms. The summed E-state index contributed by atoms with van der Waals surface area (Å²) >= 11 is 1.44. The molecule has 0 spiro atoms. The fourth-order valence-electron chi connectivity index (χ4n) is 3.62. The van der Waals surface area contributed by atoms with E-state index in [1.54, 1.807) is 13.0 Å². The number of carboxylic acid groups (broad SMARTS) is 1. The molecule has 134 valence electrons. The van der Waals surface area contributed by atoms with Crippen LogP contribution in [0, 0.1) is 11.8 Å². The van der Waals surface area contributed by atoms with Crippen LogP contribution in [0.15, 0.2) is 28.8 Å². The van der Waals surface area contributed by atoms with Crippen LogP contribution in [0.3, 0.4) is 0 Å². The molecule has 4 N–H and O–H groups in total. The number of carbonyl (C=O) groups excluding carboxylic acids is 1. The van der Waals surface area contributed by atoms with Gasteiger partial charge in [-0.1, -0.05) is 13.0 Å². The Kier molecular flexibility index (Phi) is 4.75. The lowest BCUT2D eigenvalue weighted by molar-refractivity contribution is -0.163. The molecule has 0 bridgehead atoms. The van der Waals surface area contributed by atoms with Crippen molar-refractivity contribution in [1.29, 1.82) is 0 Å². The molecule has 0 saturated carbocycles. The van der Waals surface area contributed by atoms with Crippen molar-refractivity contribution in [3.63, 3.8) is 0 Å². The van der Waals surface area contributed by atoms with E-state index in [2.05, 4.69) is 4.98 Å². The number of aryl methyl sites for hydroxylation is 1. The molecule has 1 amide bonds. The molecule has 4 atom stereocenters. The van der Waals surface area contributed by atoms with Crippen LogP contribution in [0.1, 0.15) is 19.5 Å². The number of amides is 1. The van der Waals surface area contributed by atoms with Crippen LogP contribution in [0.25, 0.3) is 0 Å². The minimum atomic E-state index is -1.10. The summed E-state index contributed by atoms with van der Waals surface area (Å²) in [6.45, 7) is 3.49. The molecule has 1 aromatic rings. The van der Waals surface area contributed by atoms with E-state index in [0.29, 0.717) is 22.9 Å². The first-order valence-electron chi connectivity index (χ1n) is 8.15. The third-order valence-electron chi connectivity index (χ3n) is 4.76. The van der Waals surface area contributed by atoms with Crippen molar-refractivity contribution in [1.82, 2.24) is 9.88 Å². The minimum Gasteiger partial charge on any atom is -0.477 e. The van der Waals surface area contributed by atoms with Crippen molar-refractivity contribution >= 4 is 29.5 Å². The number of hydrogen-bond acceptors (Lipinski definition) is 6. The van der Waals surface area contributed by atoms with Crippen molar-refractivity contribution in [2.75, 3.05) is 11.5 Å². The van der Waals surface area contributed by atoms with Gasteiger partial charge in [0, 0.05) is 22.3 Å². The van der Waals surface area contributed by atoms with Gasteiger partial charge in [0.1, 0.15) is 11.5 Å². The Labute approximate surface area is 149 Å². The molecule has 0 aliphatic carbocycles. The Bertz CT molecular complexity index is 749. The van der Waals surface area contributed by atoms with E-state index in [4.69, 9.17) is 5.73 Å². The third kappa shape index (κ3) is 3.00. The molecule has 3 heterocycles. The number of thioether (sulfide) groups is 1. The van der Waals surface area contributed by atoms with Gasteiger partial charge in [0.05, 0.1) is 18.1 Å². The zero-order valence-corrected chi connectivity index (χ0v) is 14.9. The summed E-state index contributed by atoms with van der Waals surface area (Å²) in [6, 6.07) is 5.15. The second kappa shape index (κ2) is 6.68. The number of aliphatic hydroxyl groups excluding tert-OH is 1. The Balaban J connectivity index is 1.75. The van der Waals surface area contributed by atoms with Crippen molar-refractivity contribution in [3.05, 3.63) is 34.5 Å². The molecule has 1 saturated heterocycles. The van der Waals surface area contributed by atoms with E-state index in [1.165, 1.54) is 16.7 Å². The molecule has 0 aromatic carbocycles. The van der Waals surface area contributed by atoms with Crippen LogP contribution in [-0.4, -0.2) is 49.9 Å². The summed E-state index contributed by atoms with van der Waals surface area (Å²) in [5.74, 6) is -0.952. The molecule has 25 heavy (non-hydrogen) atoms. The second-order valence-corrected chi connectivity index (χ2v) is 7.56. The molecular formula is C17H21N3O4S. The minimum absolute atomic E-state index is 0.0601. The van der Waals surface area contributed by atoms with Gasteiger partial charge in [-0.2, -0.15) is 0 Å². The molecule has 2 aliphatic rings. The number of aliphatic carboxylic acids is 1. The fourth-order valence-corrected chi connectivity index (χ4v) is 4.87. The van der Waals surface area contributed by atoms with E-state index >= 15 is 0 Å². The molecule has 4 unspecified atom stereocenters. The number of aliphatic hydroxyl groups is 1. The number of pyridine rings is 1.